The lowest BCUT2D eigenvalue weighted by Crippen LogP contribution is -2.02. The van der Waals surface area contributed by atoms with Gasteiger partial charge in [-0.15, -0.1) is 0 Å². The highest BCUT2D eigenvalue weighted by molar-refractivity contribution is 5.50. The first-order valence-electron chi connectivity index (χ1n) is 5.93. The number of methoxy groups -OCH3 is 1. The Labute approximate surface area is 116 Å². The summed E-state index contributed by atoms with van der Waals surface area (Å²) in [6.07, 6.45) is 0. The van der Waals surface area contributed by atoms with Crippen LogP contribution in [0.15, 0.2) is 36.4 Å². The SMILES string of the molecule is COc1ccc(CNc2ccc(C#N)cc2F)c(O)c1. The van der Waals surface area contributed by atoms with Crippen molar-refractivity contribution in [3.05, 3.63) is 53.3 Å². The van der Waals surface area contributed by atoms with Crippen molar-refractivity contribution < 1.29 is 14.2 Å². The number of nitriles is 1. The molecule has 2 aromatic carbocycles. The fourth-order valence-corrected chi connectivity index (χ4v) is 1.74. The first-order valence-corrected chi connectivity index (χ1v) is 5.93. The highest BCUT2D eigenvalue weighted by Crippen LogP contribution is 2.24. The number of phenols is 1. The number of rotatable bonds is 4. The number of nitrogens with zero attached hydrogens (tertiary/aromatic N) is 1. The Balaban J connectivity index is 2.11. The van der Waals surface area contributed by atoms with Crippen LogP contribution in [0.3, 0.4) is 0 Å². The smallest absolute Gasteiger partial charge is 0.147 e. The van der Waals surface area contributed by atoms with Crippen LogP contribution in [0.5, 0.6) is 11.5 Å². The van der Waals surface area contributed by atoms with Gasteiger partial charge in [0, 0.05) is 18.2 Å². The maximum Gasteiger partial charge on any atom is 0.147 e. The zero-order valence-corrected chi connectivity index (χ0v) is 10.9. The van der Waals surface area contributed by atoms with E-state index in [1.54, 1.807) is 12.1 Å². The van der Waals surface area contributed by atoms with Crippen LogP contribution >= 0.6 is 0 Å². The van der Waals surface area contributed by atoms with Gasteiger partial charge in [-0.25, -0.2) is 4.39 Å². The molecule has 5 heteroatoms. The lowest BCUT2D eigenvalue weighted by Gasteiger charge is -2.10. The van der Waals surface area contributed by atoms with Crippen LogP contribution in [0.4, 0.5) is 10.1 Å². The van der Waals surface area contributed by atoms with Gasteiger partial charge in [-0.1, -0.05) is 0 Å². The molecule has 0 saturated heterocycles. The average Bonchev–Trinajstić information content (AvgIpc) is 2.46. The van der Waals surface area contributed by atoms with E-state index >= 15 is 0 Å². The highest BCUT2D eigenvalue weighted by atomic mass is 19.1. The zero-order chi connectivity index (χ0) is 14.5. The van der Waals surface area contributed by atoms with E-state index in [-0.39, 0.29) is 23.5 Å². The van der Waals surface area contributed by atoms with Crippen molar-refractivity contribution in [2.75, 3.05) is 12.4 Å². The van der Waals surface area contributed by atoms with E-state index in [2.05, 4.69) is 5.32 Å². The normalized spacial score (nSPS) is 9.85. The molecule has 0 amide bonds. The number of phenolic OH excluding ortho intramolecular Hbond substituents is 1. The topological polar surface area (TPSA) is 65.3 Å². The fourth-order valence-electron chi connectivity index (χ4n) is 1.74. The number of halogens is 1. The number of ether oxygens (including phenoxy) is 1. The van der Waals surface area contributed by atoms with E-state index in [1.807, 2.05) is 6.07 Å². The number of hydrogen-bond donors (Lipinski definition) is 2. The summed E-state index contributed by atoms with van der Waals surface area (Å²) in [6, 6.07) is 11.0. The lowest BCUT2D eigenvalue weighted by molar-refractivity contribution is 0.406. The molecule has 0 saturated carbocycles. The molecular formula is C15H13FN2O2. The van der Waals surface area contributed by atoms with Crippen LogP contribution in [-0.4, -0.2) is 12.2 Å². The van der Waals surface area contributed by atoms with Crippen molar-refractivity contribution >= 4 is 5.69 Å². The summed E-state index contributed by atoms with van der Waals surface area (Å²) in [5, 5.41) is 21.3. The maximum absolute atomic E-state index is 13.7. The van der Waals surface area contributed by atoms with Crippen molar-refractivity contribution in [1.82, 2.24) is 0 Å². The number of anilines is 1. The Kier molecular flexibility index (Phi) is 4.06. The molecular weight excluding hydrogens is 259 g/mol. The second kappa shape index (κ2) is 5.93. The minimum absolute atomic E-state index is 0.0749. The summed E-state index contributed by atoms with van der Waals surface area (Å²) in [5.41, 5.74) is 1.16. The Morgan fingerprint density at radius 2 is 2.10 bits per heavy atom. The molecule has 0 bridgehead atoms. The van der Waals surface area contributed by atoms with Crippen molar-refractivity contribution in [2.24, 2.45) is 0 Å². The zero-order valence-electron chi connectivity index (χ0n) is 10.9. The van der Waals surface area contributed by atoms with Crippen molar-refractivity contribution in [3.8, 4) is 17.6 Å². The van der Waals surface area contributed by atoms with Crippen molar-refractivity contribution in [3.63, 3.8) is 0 Å². The van der Waals surface area contributed by atoms with E-state index in [1.165, 1.54) is 25.3 Å². The monoisotopic (exact) mass is 272 g/mol. The molecule has 2 aromatic rings. The molecule has 0 aliphatic heterocycles. The van der Waals surface area contributed by atoms with E-state index in [9.17, 15) is 9.50 Å². The van der Waals surface area contributed by atoms with Gasteiger partial charge in [0.25, 0.3) is 0 Å². The Bertz CT molecular complexity index is 665. The van der Waals surface area contributed by atoms with Crippen LogP contribution in [0.25, 0.3) is 0 Å². The predicted molar refractivity (Wildman–Crippen MR) is 73.1 cm³/mol. The summed E-state index contributed by atoms with van der Waals surface area (Å²) in [5.74, 6) is 0.124. The Morgan fingerprint density at radius 3 is 2.70 bits per heavy atom. The molecule has 0 atom stereocenters. The van der Waals surface area contributed by atoms with Gasteiger partial charge >= 0.3 is 0 Å². The van der Waals surface area contributed by atoms with Gasteiger partial charge in [-0.2, -0.15) is 5.26 Å². The van der Waals surface area contributed by atoms with Crippen LogP contribution < -0.4 is 10.1 Å². The Morgan fingerprint density at radius 1 is 1.30 bits per heavy atom. The minimum atomic E-state index is -0.503. The number of aromatic hydroxyl groups is 1. The van der Waals surface area contributed by atoms with Crippen molar-refractivity contribution in [2.45, 2.75) is 6.54 Å². The second-order valence-corrected chi connectivity index (χ2v) is 4.15. The van der Waals surface area contributed by atoms with E-state index < -0.39 is 5.82 Å². The molecule has 2 N–H and O–H groups in total. The number of nitrogens with one attached hydrogen (secondary N) is 1. The molecule has 0 fully saturated rings. The molecule has 0 aliphatic carbocycles. The van der Waals surface area contributed by atoms with Gasteiger partial charge in [-0.3, -0.25) is 0 Å². The largest absolute Gasteiger partial charge is 0.507 e. The number of hydrogen-bond acceptors (Lipinski definition) is 4. The van der Waals surface area contributed by atoms with E-state index in [0.717, 1.165) is 6.07 Å². The molecule has 0 unspecified atom stereocenters. The van der Waals surface area contributed by atoms with E-state index in [0.29, 0.717) is 11.3 Å². The standard InChI is InChI=1S/C15H13FN2O2/c1-20-12-4-3-11(15(19)7-12)9-18-14-5-2-10(8-17)6-13(14)16/h2-7,18-19H,9H2,1H3. The average molecular weight is 272 g/mol. The van der Waals surface area contributed by atoms with Crippen LogP contribution in [0.2, 0.25) is 0 Å². The van der Waals surface area contributed by atoms with Gasteiger partial charge in [0.15, 0.2) is 0 Å². The van der Waals surface area contributed by atoms with Crippen LogP contribution in [0, 0.1) is 17.1 Å². The predicted octanol–water partition coefficient (Wildman–Crippen LogP) is 3.02. The second-order valence-electron chi connectivity index (χ2n) is 4.15. The van der Waals surface area contributed by atoms with Crippen LogP contribution in [0.1, 0.15) is 11.1 Å². The third-order valence-electron chi connectivity index (χ3n) is 2.86. The molecule has 0 radical (unpaired) electrons. The summed E-state index contributed by atoms with van der Waals surface area (Å²) in [6.45, 7) is 0.263. The number of benzene rings is 2. The van der Waals surface area contributed by atoms with Crippen LogP contribution in [-0.2, 0) is 6.54 Å². The molecule has 2 rings (SSSR count). The first-order chi connectivity index (χ1) is 9.63. The van der Waals surface area contributed by atoms with Gasteiger partial charge < -0.3 is 15.2 Å². The fraction of sp³-hybridized carbons (Fsp3) is 0.133. The molecule has 4 nitrogen and oxygen atoms in total. The first kappa shape index (κ1) is 13.7. The molecule has 0 aliphatic rings. The van der Waals surface area contributed by atoms with Gasteiger partial charge in [0.05, 0.1) is 24.4 Å². The highest BCUT2D eigenvalue weighted by Gasteiger charge is 2.06. The quantitative estimate of drug-likeness (QED) is 0.898. The molecule has 20 heavy (non-hydrogen) atoms. The maximum atomic E-state index is 13.7. The molecule has 102 valence electrons. The molecule has 0 heterocycles. The Hall–Kier alpha value is -2.74. The summed E-state index contributed by atoms with van der Waals surface area (Å²) < 4.78 is 18.6. The summed E-state index contributed by atoms with van der Waals surface area (Å²) in [7, 11) is 1.51. The lowest BCUT2D eigenvalue weighted by atomic mass is 10.1. The molecule has 0 spiro atoms. The minimum Gasteiger partial charge on any atom is -0.507 e. The molecule has 0 aromatic heterocycles. The van der Waals surface area contributed by atoms with Gasteiger partial charge in [0.2, 0.25) is 0 Å². The van der Waals surface area contributed by atoms with E-state index in [4.69, 9.17) is 10.00 Å². The third kappa shape index (κ3) is 2.98. The van der Waals surface area contributed by atoms with Gasteiger partial charge in [0.1, 0.15) is 17.3 Å². The third-order valence-corrected chi connectivity index (χ3v) is 2.86. The van der Waals surface area contributed by atoms with Gasteiger partial charge in [-0.05, 0) is 30.3 Å². The summed E-state index contributed by atoms with van der Waals surface area (Å²) in [4.78, 5) is 0. The van der Waals surface area contributed by atoms with Crippen molar-refractivity contribution in [1.29, 1.82) is 5.26 Å². The summed E-state index contributed by atoms with van der Waals surface area (Å²) >= 11 is 0.